The maximum Gasteiger partial charge on any atom is 0.469 e. The minimum absolute atomic E-state index is 0.00198. The Morgan fingerprint density at radius 3 is 1.61 bits per heavy atom. The number of esters is 2. The Hall–Kier alpha value is -2.81. The fourth-order valence-corrected chi connectivity index (χ4v) is 6.43. The summed E-state index contributed by atoms with van der Waals surface area (Å²) in [5.41, 5.74) is 0. The molecule has 10 heteroatoms. The van der Waals surface area contributed by atoms with E-state index in [0.29, 0.717) is 19.3 Å². The normalized spacial score (nSPS) is 13.8. The number of ether oxygens (including phenoxy) is 2. The second-order valence-electron chi connectivity index (χ2n) is 15.2. The molecule has 0 aromatic rings. The maximum absolute atomic E-state index is 12.4. The number of hydrogen-bond acceptors (Lipinski definition) is 7. The van der Waals surface area contributed by atoms with E-state index in [2.05, 4.69) is 67.0 Å². The molecule has 0 saturated carbocycles. The molecule has 0 aromatic heterocycles. The average molecular weight is 847 g/mol. The van der Waals surface area contributed by atoms with Gasteiger partial charge in [-0.05, 0) is 70.6 Å². The zero-order valence-electron chi connectivity index (χ0n) is 37.0. The lowest BCUT2D eigenvalue weighted by Gasteiger charge is -2.18. The van der Waals surface area contributed by atoms with Crippen LogP contribution in [0.4, 0.5) is 0 Å². The average Bonchev–Trinajstić information content (AvgIpc) is 3.20. The molecular formula is C49H83O9P. The molecule has 0 aliphatic carbocycles. The molecule has 0 spiro atoms. The van der Waals surface area contributed by atoms with Gasteiger partial charge in [0.2, 0.25) is 0 Å². The highest BCUT2D eigenvalue weighted by Crippen LogP contribution is 2.36. The molecule has 0 fully saturated rings. The number of allylic oxidation sites excluding steroid dienone is 12. The van der Waals surface area contributed by atoms with Gasteiger partial charge in [-0.15, -0.1) is 0 Å². The summed E-state index contributed by atoms with van der Waals surface area (Å²) in [5.74, 6) is -1.07. The van der Waals surface area contributed by atoms with E-state index < -0.39 is 38.6 Å². The van der Waals surface area contributed by atoms with Crippen molar-refractivity contribution in [2.24, 2.45) is 0 Å². The molecular weight excluding hydrogens is 764 g/mol. The number of carbonyl (C=O) groups is 2. The third-order valence-electron chi connectivity index (χ3n) is 9.49. The lowest BCUT2D eigenvalue weighted by atomic mass is 10.0. The molecule has 9 nitrogen and oxygen atoms in total. The Kier molecular flexibility index (Phi) is 41.2. The molecule has 338 valence electrons. The Balaban J connectivity index is 4.07. The summed E-state index contributed by atoms with van der Waals surface area (Å²) in [5, 5.41) is 10.2. The number of rotatable bonds is 41. The van der Waals surface area contributed by atoms with Crippen molar-refractivity contribution < 1.29 is 43.0 Å². The highest BCUT2D eigenvalue weighted by molar-refractivity contribution is 7.46. The minimum atomic E-state index is -4.81. The number of hydrogen-bond donors (Lipinski definition) is 3. The minimum Gasteiger partial charge on any atom is -0.462 e. The van der Waals surface area contributed by atoms with E-state index in [1.807, 2.05) is 12.2 Å². The fraction of sp³-hybridized carbons (Fsp3) is 0.673. The van der Waals surface area contributed by atoms with Crippen LogP contribution < -0.4 is 0 Å². The lowest BCUT2D eigenvalue weighted by molar-refractivity contribution is -0.161. The van der Waals surface area contributed by atoms with Crippen molar-refractivity contribution in [1.82, 2.24) is 0 Å². The van der Waals surface area contributed by atoms with Crippen LogP contribution in [0.1, 0.15) is 187 Å². The second-order valence-corrected chi connectivity index (χ2v) is 16.4. The number of phosphoric ester groups is 1. The van der Waals surface area contributed by atoms with Crippen LogP contribution in [0.5, 0.6) is 0 Å². The molecule has 0 heterocycles. The van der Waals surface area contributed by atoms with Crippen molar-refractivity contribution >= 4 is 19.8 Å². The molecule has 59 heavy (non-hydrogen) atoms. The standard InChI is InChI=1S/C49H83O9P/c1-3-5-7-9-11-13-15-17-18-19-20-21-22-23-24-26-28-30-32-34-38-42-48(51)56-44-47(45-57-59(53,54)55)58-49(52)43-39-35-37-41-46(50)40-36-33-31-29-27-25-16-14-12-10-8-6-4-2/h6,8,12,14,17-18,25,27,31,33,35-37,40,46-47,50H,3-5,7,9-11,13,15-16,19-24,26,28-30,32,34,38-39,41-45H2,1-2H3,(H2,53,54,55)/b8-6-,14-12-,18-17-,27-25-,33-31-,37-35-,40-36-/t46?,47-/m1/s1. The number of carbonyl (C=O) groups excluding carboxylic acids is 2. The van der Waals surface area contributed by atoms with Gasteiger partial charge in [0.1, 0.15) is 6.61 Å². The summed E-state index contributed by atoms with van der Waals surface area (Å²) in [7, 11) is -4.81. The summed E-state index contributed by atoms with van der Waals surface area (Å²) < 4.78 is 26.3. The molecule has 0 amide bonds. The lowest BCUT2D eigenvalue weighted by Crippen LogP contribution is -2.29. The van der Waals surface area contributed by atoms with Gasteiger partial charge in [0, 0.05) is 12.8 Å². The van der Waals surface area contributed by atoms with E-state index in [9.17, 15) is 19.3 Å². The van der Waals surface area contributed by atoms with Crippen LogP contribution in [0.3, 0.4) is 0 Å². The van der Waals surface area contributed by atoms with E-state index in [-0.39, 0.29) is 19.4 Å². The number of aliphatic hydroxyl groups is 1. The molecule has 0 aromatic carbocycles. The zero-order valence-corrected chi connectivity index (χ0v) is 37.9. The van der Waals surface area contributed by atoms with Crippen molar-refractivity contribution in [1.29, 1.82) is 0 Å². The van der Waals surface area contributed by atoms with E-state index in [1.165, 1.54) is 96.3 Å². The van der Waals surface area contributed by atoms with Crippen molar-refractivity contribution in [3.8, 4) is 0 Å². The van der Waals surface area contributed by atoms with Gasteiger partial charge >= 0.3 is 19.8 Å². The molecule has 0 aliphatic heterocycles. The van der Waals surface area contributed by atoms with E-state index >= 15 is 0 Å². The van der Waals surface area contributed by atoms with E-state index in [1.54, 1.807) is 24.3 Å². The van der Waals surface area contributed by atoms with Crippen molar-refractivity contribution in [2.45, 2.75) is 199 Å². The van der Waals surface area contributed by atoms with Crippen LogP contribution in [0.15, 0.2) is 85.1 Å². The maximum atomic E-state index is 12.4. The van der Waals surface area contributed by atoms with Crippen LogP contribution >= 0.6 is 7.82 Å². The van der Waals surface area contributed by atoms with Gasteiger partial charge in [-0.2, -0.15) is 0 Å². The van der Waals surface area contributed by atoms with Gasteiger partial charge in [0.25, 0.3) is 0 Å². The first-order chi connectivity index (χ1) is 28.7. The first-order valence-corrected chi connectivity index (χ1v) is 24.5. The van der Waals surface area contributed by atoms with Gasteiger partial charge in [-0.25, -0.2) is 4.57 Å². The number of phosphoric acid groups is 1. The van der Waals surface area contributed by atoms with Crippen LogP contribution in [0, 0.1) is 0 Å². The Morgan fingerprint density at radius 1 is 0.542 bits per heavy atom. The molecule has 2 atom stereocenters. The Morgan fingerprint density at radius 2 is 1.05 bits per heavy atom. The zero-order chi connectivity index (χ0) is 43.3. The predicted octanol–water partition coefficient (Wildman–Crippen LogP) is 13.4. The van der Waals surface area contributed by atoms with Gasteiger partial charge in [-0.3, -0.25) is 14.1 Å². The van der Waals surface area contributed by atoms with E-state index in [4.69, 9.17) is 19.3 Å². The summed E-state index contributed by atoms with van der Waals surface area (Å²) in [6.07, 6.45) is 54.8. The highest BCUT2D eigenvalue weighted by atomic mass is 31.2. The smallest absolute Gasteiger partial charge is 0.462 e. The molecule has 0 rings (SSSR count). The Labute approximate surface area is 359 Å². The first-order valence-electron chi connectivity index (χ1n) is 23.0. The number of aliphatic hydroxyl groups excluding tert-OH is 1. The summed E-state index contributed by atoms with van der Waals surface area (Å²) in [4.78, 5) is 42.9. The first kappa shape index (κ1) is 56.2. The number of unbranched alkanes of at least 4 members (excludes halogenated alkanes) is 17. The summed E-state index contributed by atoms with van der Waals surface area (Å²) in [6.45, 7) is 3.43. The second kappa shape index (κ2) is 43.3. The quantitative estimate of drug-likeness (QED) is 0.0180. The summed E-state index contributed by atoms with van der Waals surface area (Å²) >= 11 is 0. The van der Waals surface area contributed by atoms with Crippen LogP contribution in [-0.4, -0.2) is 52.3 Å². The largest absolute Gasteiger partial charge is 0.469 e. The highest BCUT2D eigenvalue weighted by Gasteiger charge is 2.22. The molecule has 0 bridgehead atoms. The molecule has 1 unspecified atom stereocenters. The topological polar surface area (TPSA) is 140 Å². The summed E-state index contributed by atoms with van der Waals surface area (Å²) in [6, 6.07) is 0. The molecule has 0 radical (unpaired) electrons. The van der Waals surface area contributed by atoms with Gasteiger partial charge in [-0.1, -0.05) is 189 Å². The van der Waals surface area contributed by atoms with Crippen LogP contribution in [0.25, 0.3) is 0 Å². The monoisotopic (exact) mass is 847 g/mol. The van der Waals surface area contributed by atoms with Crippen LogP contribution in [0.2, 0.25) is 0 Å². The van der Waals surface area contributed by atoms with Gasteiger partial charge in [0.05, 0.1) is 12.7 Å². The molecule has 0 aliphatic rings. The third-order valence-corrected chi connectivity index (χ3v) is 9.98. The van der Waals surface area contributed by atoms with Crippen molar-refractivity contribution in [3.05, 3.63) is 85.1 Å². The SMILES string of the molecule is CC/C=C\C/C=C\C/C=C\C/C=C\C=C/C(O)C/C=C\CCC(=O)O[C@H](COC(=O)CCCCCCCCCCCCC/C=C\CCCCCCCC)COP(=O)(O)O. The van der Waals surface area contributed by atoms with Crippen molar-refractivity contribution in [2.75, 3.05) is 13.2 Å². The van der Waals surface area contributed by atoms with Crippen LogP contribution in [-0.2, 0) is 28.2 Å². The predicted molar refractivity (Wildman–Crippen MR) is 245 cm³/mol. The molecule has 0 saturated heterocycles. The van der Waals surface area contributed by atoms with E-state index in [0.717, 1.165) is 44.9 Å². The fourth-order valence-electron chi connectivity index (χ4n) is 6.07. The van der Waals surface area contributed by atoms with Gasteiger partial charge in [0.15, 0.2) is 6.10 Å². The van der Waals surface area contributed by atoms with Gasteiger partial charge < -0.3 is 24.4 Å². The van der Waals surface area contributed by atoms with Crippen molar-refractivity contribution in [3.63, 3.8) is 0 Å². The Bertz CT molecular complexity index is 1240. The molecule has 3 N–H and O–H groups in total. The third kappa shape index (κ3) is 46.1.